The van der Waals surface area contributed by atoms with Gasteiger partial charge in [-0.05, 0) is 12.5 Å². The molecule has 11 heavy (non-hydrogen) atoms. The third kappa shape index (κ3) is 1.15. The number of hydrogen-bond acceptors (Lipinski definition) is 2. The molecule has 2 rings (SSSR count). The summed E-state index contributed by atoms with van der Waals surface area (Å²) in [5, 5.41) is 0. The van der Waals surface area contributed by atoms with E-state index in [1.54, 1.807) is 6.07 Å². The summed E-state index contributed by atoms with van der Waals surface area (Å²) in [6.45, 7) is 0. The summed E-state index contributed by atoms with van der Waals surface area (Å²) >= 11 is 0. The molecule has 1 fully saturated rings. The van der Waals surface area contributed by atoms with Gasteiger partial charge >= 0.3 is 5.69 Å². The Hall–Kier alpha value is -1.19. The van der Waals surface area contributed by atoms with E-state index in [4.69, 9.17) is 0 Å². The van der Waals surface area contributed by atoms with Crippen LogP contribution in [0.4, 0.5) is 4.39 Å². The Morgan fingerprint density at radius 2 is 2.45 bits per heavy atom. The molecule has 58 valence electrons. The number of nitrogens with zero attached hydrogens (tertiary/aromatic N) is 1. The lowest BCUT2D eigenvalue weighted by atomic mass is 10.3. The second-order valence-electron chi connectivity index (χ2n) is 2.69. The number of halogens is 1. The zero-order valence-corrected chi connectivity index (χ0v) is 5.75. The summed E-state index contributed by atoms with van der Waals surface area (Å²) < 4.78 is 12.5. The molecule has 0 saturated heterocycles. The van der Waals surface area contributed by atoms with Gasteiger partial charge in [0.1, 0.15) is 6.17 Å². The summed E-state index contributed by atoms with van der Waals surface area (Å²) in [6.07, 6.45) is 1.16. The lowest BCUT2D eigenvalue weighted by molar-refractivity contribution is 0.466. The van der Waals surface area contributed by atoms with Crippen LogP contribution in [-0.4, -0.2) is 16.1 Å². The van der Waals surface area contributed by atoms with Gasteiger partial charge in [-0.1, -0.05) is 0 Å². The molecule has 0 unspecified atom stereocenters. The number of alkyl halides is 1. The molecule has 1 heterocycles. The molecule has 3 nitrogen and oxygen atoms in total. The molecular formula is C7H7FN2O. The normalized spacial score (nSPS) is 28.5. The number of aromatic amines is 1. The van der Waals surface area contributed by atoms with E-state index < -0.39 is 11.9 Å². The fourth-order valence-corrected chi connectivity index (χ4v) is 1.08. The van der Waals surface area contributed by atoms with Gasteiger partial charge in [0.05, 0.1) is 0 Å². The molecule has 0 spiro atoms. The Labute approximate surface area is 62.3 Å². The van der Waals surface area contributed by atoms with Crippen molar-refractivity contribution in [2.75, 3.05) is 0 Å². The zero-order chi connectivity index (χ0) is 7.84. The maximum atomic E-state index is 12.5. The summed E-state index contributed by atoms with van der Waals surface area (Å²) in [4.78, 5) is 16.6. The van der Waals surface area contributed by atoms with E-state index >= 15 is 0 Å². The maximum absolute atomic E-state index is 12.5. The standard InChI is InChI=1S/C7H7FN2O/c8-5-3-4(5)6-1-2-9-7(11)10-6/h1-2,4-5H,3H2,(H,9,10,11)/t4-,5-/m1/s1. The van der Waals surface area contributed by atoms with E-state index in [0.717, 1.165) is 0 Å². The molecule has 0 bridgehead atoms. The van der Waals surface area contributed by atoms with Crippen LogP contribution >= 0.6 is 0 Å². The van der Waals surface area contributed by atoms with Crippen molar-refractivity contribution in [3.63, 3.8) is 0 Å². The third-order valence-electron chi connectivity index (χ3n) is 1.81. The van der Waals surface area contributed by atoms with E-state index in [1.807, 2.05) is 0 Å². The zero-order valence-electron chi connectivity index (χ0n) is 5.75. The van der Waals surface area contributed by atoms with Crippen LogP contribution in [0.5, 0.6) is 0 Å². The molecule has 0 aliphatic heterocycles. The van der Waals surface area contributed by atoms with Crippen molar-refractivity contribution in [2.45, 2.75) is 18.5 Å². The Morgan fingerprint density at radius 3 is 3.00 bits per heavy atom. The number of aromatic nitrogens is 2. The highest BCUT2D eigenvalue weighted by Crippen LogP contribution is 2.41. The van der Waals surface area contributed by atoms with Gasteiger partial charge in [-0.3, -0.25) is 0 Å². The van der Waals surface area contributed by atoms with Gasteiger partial charge in [-0.2, -0.15) is 0 Å². The maximum Gasteiger partial charge on any atom is 0.345 e. The SMILES string of the molecule is O=c1nccc([C@@H]2C[C@H]2F)[nH]1. The van der Waals surface area contributed by atoms with Crippen molar-refractivity contribution in [2.24, 2.45) is 0 Å². The van der Waals surface area contributed by atoms with E-state index in [1.165, 1.54) is 6.20 Å². The van der Waals surface area contributed by atoms with E-state index in [9.17, 15) is 9.18 Å². The minimum atomic E-state index is -0.770. The highest BCUT2D eigenvalue weighted by molar-refractivity contribution is 5.16. The lowest BCUT2D eigenvalue weighted by Crippen LogP contribution is -2.10. The van der Waals surface area contributed by atoms with Gasteiger partial charge in [0.2, 0.25) is 0 Å². The highest BCUT2D eigenvalue weighted by Gasteiger charge is 2.39. The third-order valence-corrected chi connectivity index (χ3v) is 1.81. The Balaban J connectivity index is 2.32. The van der Waals surface area contributed by atoms with Crippen molar-refractivity contribution in [1.29, 1.82) is 0 Å². The summed E-state index contributed by atoms with van der Waals surface area (Å²) in [5.74, 6) is -0.0919. The van der Waals surface area contributed by atoms with Crippen molar-refractivity contribution in [1.82, 2.24) is 9.97 Å². The monoisotopic (exact) mass is 154 g/mol. The van der Waals surface area contributed by atoms with E-state index in [2.05, 4.69) is 9.97 Å². The van der Waals surface area contributed by atoms with Crippen molar-refractivity contribution in [3.05, 3.63) is 28.4 Å². The largest absolute Gasteiger partial charge is 0.345 e. The fraction of sp³-hybridized carbons (Fsp3) is 0.429. The molecule has 4 heteroatoms. The summed E-state index contributed by atoms with van der Waals surface area (Å²) in [5.41, 5.74) is 0.263. The number of hydrogen-bond donors (Lipinski definition) is 1. The topological polar surface area (TPSA) is 45.8 Å². The van der Waals surface area contributed by atoms with Gasteiger partial charge in [0, 0.05) is 17.8 Å². The summed E-state index contributed by atoms with van der Waals surface area (Å²) in [6, 6.07) is 1.64. The molecule has 1 N–H and O–H groups in total. The second kappa shape index (κ2) is 2.15. The molecule has 1 aromatic heterocycles. The number of nitrogens with one attached hydrogen (secondary N) is 1. The molecule has 1 aliphatic rings. The minimum Gasteiger partial charge on any atom is -0.309 e. The molecule has 1 aromatic rings. The average molecular weight is 154 g/mol. The van der Waals surface area contributed by atoms with Gasteiger partial charge < -0.3 is 4.98 Å². The van der Waals surface area contributed by atoms with E-state index in [0.29, 0.717) is 12.1 Å². The van der Waals surface area contributed by atoms with Crippen LogP contribution in [0.25, 0.3) is 0 Å². The molecule has 1 saturated carbocycles. The Kier molecular flexibility index (Phi) is 1.27. The first-order valence-electron chi connectivity index (χ1n) is 3.46. The lowest BCUT2D eigenvalue weighted by Gasteiger charge is -1.93. The fourth-order valence-electron chi connectivity index (χ4n) is 1.08. The van der Waals surface area contributed by atoms with Crippen molar-refractivity contribution < 1.29 is 4.39 Å². The molecule has 0 radical (unpaired) electrons. The van der Waals surface area contributed by atoms with Gasteiger partial charge in [-0.25, -0.2) is 14.2 Å². The highest BCUT2D eigenvalue weighted by atomic mass is 19.1. The average Bonchev–Trinajstić information content (AvgIpc) is 2.67. The van der Waals surface area contributed by atoms with Crippen molar-refractivity contribution >= 4 is 0 Å². The minimum absolute atomic E-state index is 0.0919. The molecule has 0 amide bonds. The van der Waals surface area contributed by atoms with Gasteiger partial charge in [-0.15, -0.1) is 0 Å². The first-order chi connectivity index (χ1) is 5.27. The number of H-pyrrole nitrogens is 1. The molecule has 1 aliphatic carbocycles. The second-order valence-corrected chi connectivity index (χ2v) is 2.69. The van der Waals surface area contributed by atoms with Crippen LogP contribution in [-0.2, 0) is 0 Å². The van der Waals surface area contributed by atoms with E-state index in [-0.39, 0.29) is 5.92 Å². The van der Waals surface area contributed by atoms with Crippen LogP contribution < -0.4 is 5.69 Å². The first kappa shape index (κ1) is 6.52. The van der Waals surface area contributed by atoms with Crippen molar-refractivity contribution in [3.8, 4) is 0 Å². The predicted octanol–water partition coefficient (Wildman–Crippen LogP) is 0.595. The molecular weight excluding hydrogens is 147 g/mol. The predicted molar refractivity (Wildman–Crippen MR) is 37.1 cm³/mol. The van der Waals surface area contributed by atoms with Crippen LogP contribution in [0, 0.1) is 0 Å². The van der Waals surface area contributed by atoms with Crippen LogP contribution in [0.1, 0.15) is 18.0 Å². The Morgan fingerprint density at radius 1 is 1.73 bits per heavy atom. The molecule has 0 aromatic carbocycles. The van der Waals surface area contributed by atoms with Gasteiger partial charge in [0.25, 0.3) is 0 Å². The van der Waals surface area contributed by atoms with Crippen LogP contribution in [0.15, 0.2) is 17.1 Å². The summed E-state index contributed by atoms with van der Waals surface area (Å²) in [7, 11) is 0. The van der Waals surface area contributed by atoms with Gasteiger partial charge in [0.15, 0.2) is 0 Å². The Bertz CT molecular complexity index is 322. The smallest absolute Gasteiger partial charge is 0.309 e. The van der Waals surface area contributed by atoms with Crippen LogP contribution in [0.3, 0.4) is 0 Å². The number of rotatable bonds is 1. The first-order valence-corrected chi connectivity index (χ1v) is 3.46. The van der Waals surface area contributed by atoms with Crippen LogP contribution in [0.2, 0.25) is 0 Å². The molecule has 2 atom stereocenters. The quantitative estimate of drug-likeness (QED) is 0.643.